The van der Waals surface area contributed by atoms with Gasteiger partial charge >= 0.3 is 5.69 Å². The fourth-order valence-corrected chi connectivity index (χ4v) is 5.16. The molecule has 0 aliphatic rings. The number of amides is 1. The lowest BCUT2D eigenvalue weighted by Gasteiger charge is -2.13. The summed E-state index contributed by atoms with van der Waals surface area (Å²) >= 11 is 1.23. The third-order valence-electron chi connectivity index (χ3n) is 6.45. The second kappa shape index (κ2) is 12.9. The van der Waals surface area contributed by atoms with Crippen molar-refractivity contribution in [1.82, 2.24) is 24.0 Å². The lowest BCUT2D eigenvalue weighted by atomic mass is 10.1. The highest BCUT2D eigenvalue weighted by Gasteiger charge is 2.20. The molecule has 0 radical (unpaired) electrons. The highest BCUT2D eigenvalue weighted by molar-refractivity contribution is 7.99. The molecule has 4 rings (SSSR count). The van der Waals surface area contributed by atoms with Gasteiger partial charge in [0.25, 0.3) is 5.56 Å². The molecular weight excluding hydrogens is 530 g/mol. The molecule has 11 heteroatoms. The number of thioether (sulfide) groups is 1. The Morgan fingerprint density at radius 3 is 2.33 bits per heavy atom. The van der Waals surface area contributed by atoms with Crippen LogP contribution in [0.25, 0.3) is 11.2 Å². The molecule has 2 heterocycles. The molecule has 0 saturated carbocycles. The molecule has 1 amide bonds. The fourth-order valence-electron chi connectivity index (χ4n) is 4.34. The van der Waals surface area contributed by atoms with Crippen LogP contribution in [0.2, 0.25) is 0 Å². The summed E-state index contributed by atoms with van der Waals surface area (Å²) in [6.07, 6.45) is 0.632. The Bertz CT molecular complexity index is 1620. The molecule has 10 nitrogen and oxygen atoms in total. The van der Waals surface area contributed by atoms with Gasteiger partial charge in [-0.3, -0.25) is 18.7 Å². The summed E-state index contributed by atoms with van der Waals surface area (Å²) in [5, 5.41) is 3.45. The largest absolute Gasteiger partial charge is 0.490 e. The van der Waals surface area contributed by atoms with Crippen molar-refractivity contribution in [3.8, 4) is 11.5 Å². The second-order valence-electron chi connectivity index (χ2n) is 9.38. The summed E-state index contributed by atoms with van der Waals surface area (Å²) in [5.41, 5.74) is 2.88. The highest BCUT2D eigenvalue weighted by Crippen LogP contribution is 2.28. The lowest BCUT2D eigenvalue weighted by Crippen LogP contribution is -2.37. The number of aromatic nitrogens is 4. The first-order chi connectivity index (χ1) is 19.2. The van der Waals surface area contributed by atoms with Crippen LogP contribution in [0, 0.1) is 6.92 Å². The average Bonchev–Trinajstić information content (AvgIpc) is 3.30. The number of fused-ring (bicyclic) bond motifs is 1. The SMILES string of the molecule is CCOc1ccc(CCNC(=O)CSc2nc3c(c(=O)n(C)c(=O)n3C)n2Cc2ccc(C)cc2)cc1OCC. The van der Waals surface area contributed by atoms with Crippen LogP contribution in [0.5, 0.6) is 11.5 Å². The van der Waals surface area contributed by atoms with Crippen LogP contribution in [0.15, 0.2) is 57.2 Å². The Morgan fingerprint density at radius 2 is 1.62 bits per heavy atom. The number of rotatable bonds is 12. The van der Waals surface area contributed by atoms with E-state index in [9.17, 15) is 14.4 Å². The van der Waals surface area contributed by atoms with E-state index in [2.05, 4.69) is 10.3 Å². The van der Waals surface area contributed by atoms with Crippen molar-refractivity contribution in [2.24, 2.45) is 14.1 Å². The second-order valence-corrected chi connectivity index (χ2v) is 10.3. The van der Waals surface area contributed by atoms with E-state index in [1.54, 1.807) is 11.6 Å². The van der Waals surface area contributed by atoms with Crippen molar-refractivity contribution < 1.29 is 14.3 Å². The van der Waals surface area contributed by atoms with E-state index in [4.69, 9.17) is 9.47 Å². The van der Waals surface area contributed by atoms with Gasteiger partial charge in [0, 0.05) is 20.6 Å². The minimum atomic E-state index is -0.450. The van der Waals surface area contributed by atoms with E-state index in [0.717, 1.165) is 21.3 Å². The Labute approximate surface area is 236 Å². The molecule has 4 aromatic rings. The van der Waals surface area contributed by atoms with Gasteiger partial charge in [0.2, 0.25) is 5.91 Å². The molecule has 0 aliphatic heterocycles. The molecular formula is C29H35N5O5S. The molecule has 2 aromatic carbocycles. The van der Waals surface area contributed by atoms with Crippen molar-refractivity contribution in [2.75, 3.05) is 25.5 Å². The van der Waals surface area contributed by atoms with E-state index < -0.39 is 11.2 Å². The summed E-state index contributed by atoms with van der Waals surface area (Å²) in [5.74, 6) is 1.35. The molecule has 0 unspecified atom stereocenters. The maximum Gasteiger partial charge on any atom is 0.332 e. The lowest BCUT2D eigenvalue weighted by molar-refractivity contribution is -0.118. The Kier molecular flexibility index (Phi) is 9.36. The van der Waals surface area contributed by atoms with E-state index >= 15 is 0 Å². The van der Waals surface area contributed by atoms with Crippen LogP contribution in [0.4, 0.5) is 0 Å². The topological polar surface area (TPSA) is 109 Å². The summed E-state index contributed by atoms with van der Waals surface area (Å²) in [6.45, 7) is 7.78. The maximum absolute atomic E-state index is 13.1. The quantitative estimate of drug-likeness (QED) is 0.263. The maximum atomic E-state index is 13.1. The number of benzene rings is 2. The number of hydrogen-bond donors (Lipinski definition) is 1. The van der Waals surface area contributed by atoms with Gasteiger partial charge in [-0.1, -0.05) is 47.7 Å². The molecule has 0 bridgehead atoms. The van der Waals surface area contributed by atoms with E-state index in [1.165, 1.54) is 23.4 Å². The summed E-state index contributed by atoms with van der Waals surface area (Å²) in [7, 11) is 3.04. The van der Waals surface area contributed by atoms with Gasteiger partial charge in [-0.05, 0) is 50.5 Å². The zero-order valence-corrected chi connectivity index (χ0v) is 24.3. The van der Waals surface area contributed by atoms with Crippen molar-refractivity contribution >= 4 is 28.8 Å². The first kappa shape index (κ1) is 29.0. The van der Waals surface area contributed by atoms with Crippen LogP contribution in [-0.2, 0) is 31.9 Å². The minimum Gasteiger partial charge on any atom is -0.490 e. The summed E-state index contributed by atoms with van der Waals surface area (Å²) in [6, 6.07) is 13.8. The molecule has 0 saturated heterocycles. The summed E-state index contributed by atoms with van der Waals surface area (Å²) < 4.78 is 15.5. The van der Waals surface area contributed by atoms with Gasteiger partial charge in [-0.2, -0.15) is 0 Å². The third-order valence-corrected chi connectivity index (χ3v) is 7.43. The van der Waals surface area contributed by atoms with Crippen LogP contribution < -0.4 is 26.0 Å². The molecule has 212 valence electrons. The first-order valence-electron chi connectivity index (χ1n) is 13.2. The van der Waals surface area contributed by atoms with Crippen LogP contribution in [-0.4, -0.2) is 50.1 Å². The van der Waals surface area contributed by atoms with Gasteiger partial charge in [-0.25, -0.2) is 9.78 Å². The average molecular weight is 566 g/mol. The normalized spacial score (nSPS) is 11.1. The van der Waals surface area contributed by atoms with Crippen molar-refractivity contribution in [1.29, 1.82) is 0 Å². The van der Waals surface area contributed by atoms with Gasteiger partial charge in [0.15, 0.2) is 27.8 Å². The number of carbonyl (C=O) groups is 1. The van der Waals surface area contributed by atoms with Gasteiger partial charge in [0.1, 0.15) is 0 Å². The van der Waals surface area contributed by atoms with Crippen LogP contribution in [0.1, 0.15) is 30.5 Å². The number of imidazole rings is 1. The Morgan fingerprint density at radius 1 is 0.950 bits per heavy atom. The van der Waals surface area contributed by atoms with E-state index in [0.29, 0.717) is 60.5 Å². The standard InChI is InChI=1S/C29H35N5O5S/c1-6-38-22-13-12-20(16-23(22)39-7-2)14-15-30-24(35)18-40-28-31-26-25(27(36)33(5)29(37)32(26)4)34(28)17-21-10-8-19(3)9-11-21/h8-13,16H,6-7,14-15,17-18H2,1-5H3,(H,30,35). The van der Waals surface area contributed by atoms with E-state index in [-0.39, 0.29) is 11.7 Å². The third kappa shape index (κ3) is 6.41. The fraction of sp³-hybridized carbons (Fsp3) is 0.379. The van der Waals surface area contributed by atoms with Gasteiger partial charge in [0.05, 0.1) is 25.5 Å². The number of nitrogens with one attached hydrogen (secondary N) is 1. The minimum absolute atomic E-state index is 0.110. The summed E-state index contributed by atoms with van der Waals surface area (Å²) in [4.78, 5) is 43.0. The number of ether oxygens (including phenoxy) is 2. The van der Waals surface area contributed by atoms with Gasteiger partial charge in [-0.15, -0.1) is 0 Å². The van der Waals surface area contributed by atoms with Crippen LogP contribution in [0.3, 0.4) is 0 Å². The van der Waals surface area contributed by atoms with Crippen molar-refractivity contribution in [2.45, 2.75) is 38.9 Å². The zero-order valence-electron chi connectivity index (χ0n) is 23.5. The molecule has 0 fully saturated rings. The molecule has 0 aliphatic carbocycles. The highest BCUT2D eigenvalue weighted by atomic mass is 32.2. The molecule has 0 spiro atoms. The first-order valence-corrected chi connectivity index (χ1v) is 14.2. The zero-order chi connectivity index (χ0) is 28.8. The van der Waals surface area contributed by atoms with E-state index in [1.807, 2.05) is 63.2 Å². The predicted octanol–water partition coefficient (Wildman–Crippen LogP) is 3.04. The number of nitrogens with zero attached hydrogens (tertiary/aromatic N) is 4. The monoisotopic (exact) mass is 565 g/mol. The molecule has 0 atom stereocenters. The molecule has 40 heavy (non-hydrogen) atoms. The van der Waals surface area contributed by atoms with Crippen LogP contribution >= 0.6 is 11.8 Å². The van der Waals surface area contributed by atoms with Gasteiger partial charge < -0.3 is 19.4 Å². The molecule has 2 aromatic heterocycles. The smallest absolute Gasteiger partial charge is 0.332 e. The Hall–Kier alpha value is -3.99. The molecule has 1 N–H and O–H groups in total. The Balaban J connectivity index is 1.48. The predicted molar refractivity (Wildman–Crippen MR) is 157 cm³/mol. The number of aryl methyl sites for hydroxylation is 2. The number of hydrogen-bond acceptors (Lipinski definition) is 7. The number of carbonyl (C=O) groups excluding carboxylic acids is 1. The van der Waals surface area contributed by atoms with Crippen molar-refractivity contribution in [3.63, 3.8) is 0 Å². The van der Waals surface area contributed by atoms with Crippen molar-refractivity contribution in [3.05, 3.63) is 80.0 Å².